The third kappa shape index (κ3) is 7.14. The number of Topliss-reactive ketones (excluding diaryl/α,β-unsaturated/α-hetero) is 1. The molecule has 5 aliphatic rings. The molecule has 0 radical (unpaired) electrons. The van der Waals surface area contributed by atoms with E-state index in [2.05, 4.69) is 15.3 Å². The number of halogens is 3. The molecule has 7 heterocycles. The van der Waals surface area contributed by atoms with Gasteiger partial charge >= 0.3 is 0 Å². The first kappa shape index (κ1) is 32.5. The fourth-order valence-electron chi connectivity index (χ4n) is 8.97. The van der Waals surface area contributed by atoms with Crippen LogP contribution >= 0.6 is 0 Å². The van der Waals surface area contributed by atoms with Gasteiger partial charge in [0.05, 0.1) is 34.1 Å². The van der Waals surface area contributed by atoms with Crippen LogP contribution in [0.15, 0.2) is 29.3 Å². The summed E-state index contributed by atoms with van der Waals surface area (Å²) in [6.07, 6.45) is 6.27. The average Bonchev–Trinajstić information content (AvgIpc) is 3.91. The second-order valence-electron chi connectivity index (χ2n) is 15.9. The maximum Gasteiger partial charge on any atom is 0.265 e. The minimum absolute atomic E-state index is 0.101. The number of nitrogens with zero attached hydrogens (tertiary/aromatic N) is 8. The number of aryl methyl sites for hydroxylation is 1. The van der Waals surface area contributed by atoms with Crippen molar-refractivity contribution in [3.63, 3.8) is 0 Å². The third-order valence-electron chi connectivity index (χ3n) is 12.2. The molecule has 3 aromatic heterocycles. The third-order valence-corrected chi connectivity index (χ3v) is 12.2. The highest BCUT2D eigenvalue weighted by molar-refractivity contribution is 6.24. The van der Waals surface area contributed by atoms with Gasteiger partial charge in [0.2, 0.25) is 17.8 Å². The topological polar surface area (TPSA) is 183 Å². The van der Waals surface area contributed by atoms with Crippen LogP contribution in [-0.4, -0.2) is 110 Å². The molecule has 9 rings (SSSR count). The number of pyridine rings is 2. The highest BCUT2D eigenvalue weighted by atomic mass is 19.2. The smallest absolute Gasteiger partial charge is 0.265 e. The van der Waals surface area contributed by atoms with Crippen molar-refractivity contribution >= 4 is 63.6 Å². The molecule has 0 spiro atoms. The average molecular weight is 863 g/mol. The van der Waals surface area contributed by atoms with E-state index in [9.17, 15) is 28.8 Å². The fraction of sp³-hybridized carbons (Fsp3) is 0.465. The summed E-state index contributed by atoms with van der Waals surface area (Å²) in [4.78, 5) is 92.6. The number of anilines is 4. The number of carbonyl (C=O) groups excluding carboxylic acids is 5. The Kier molecular flexibility index (Phi) is 8.50. The first-order valence-electron chi connectivity index (χ1n) is 24.2. The lowest BCUT2D eigenvalue weighted by Gasteiger charge is -2.40. The second-order valence-corrected chi connectivity index (χ2v) is 15.9. The number of amides is 4. The van der Waals surface area contributed by atoms with E-state index in [1.54, 1.807) is 36.0 Å². The number of fused-ring (bicyclic) bond motifs is 2. The first-order chi connectivity index (χ1) is 32.8. The zero-order valence-corrected chi connectivity index (χ0v) is 33.5. The van der Waals surface area contributed by atoms with Crippen LogP contribution in [0.5, 0.6) is 0 Å². The number of piperidine rings is 2. The van der Waals surface area contributed by atoms with Gasteiger partial charge in [0.1, 0.15) is 23.2 Å². The molecular weight excluding hydrogens is 810 g/mol. The lowest BCUT2D eigenvalue weighted by Crippen LogP contribution is -2.54. The van der Waals surface area contributed by atoms with E-state index >= 15 is 13.2 Å². The Morgan fingerprint density at radius 1 is 0.871 bits per heavy atom. The van der Waals surface area contributed by atoms with Gasteiger partial charge in [-0.15, -0.1) is 0 Å². The predicted molar refractivity (Wildman–Crippen MR) is 220 cm³/mol. The Balaban J connectivity index is 0.912. The van der Waals surface area contributed by atoms with Gasteiger partial charge in [0, 0.05) is 75.2 Å². The van der Waals surface area contributed by atoms with Crippen LogP contribution in [0.1, 0.15) is 112 Å². The molecule has 1 aromatic carbocycles. The van der Waals surface area contributed by atoms with Gasteiger partial charge in [-0.25, -0.2) is 23.1 Å². The van der Waals surface area contributed by atoms with Crippen molar-refractivity contribution in [1.29, 1.82) is 0 Å². The molecule has 1 atom stereocenters. The Labute approximate surface area is 364 Å². The largest absolute Gasteiger partial charge is 0.370 e. The molecule has 1 unspecified atom stereocenters. The zero-order chi connectivity index (χ0) is 50.7. The summed E-state index contributed by atoms with van der Waals surface area (Å²) in [6, 6.07) is 1.57. The van der Waals surface area contributed by atoms with Gasteiger partial charge in [-0.3, -0.25) is 48.5 Å². The Hall–Kier alpha value is -6.24. The number of nitrogens with one attached hydrogen (secondary N) is 2. The monoisotopic (exact) mass is 862 g/mol. The number of imide groups is 2. The van der Waals surface area contributed by atoms with E-state index < -0.39 is 114 Å². The summed E-state index contributed by atoms with van der Waals surface area (Å²) in [5, 5.41) is 5.53. The van der Waals surface area contributed by atoms with Crippen molar-refractivity contribution in [3.05, 3.63) is 74.6 Å². The number of rotatable bonds is 9. The van der Waals surface area contributed by atoms with Crippen molar-refractivity contribution in [2.45, 2.75) is 77.3 Å². The van der Waals surface area contributed by atoms with Gasteiger partial charge in [-0.05, 0) is 69.6 Å². The van der Waals surface area contributed by atoms with Gasteiger partial charge in [-0.2, -0.15) is 4.98 Å². The second kappa shape index (κ2) is 16.2. The van der Waals surface area contributed by atoms with E-state index in [4.69, 9.17) is 16.0 Å². The molecule has 3 saturated heterocycles. The molecule has 324 valence electrons. The van der Waals surface area contributed by atoms with Crippen molar-refractivity contribution in [1.82, 2.24) is 34.6 Å². The number of hydrogen-bond donors (Lipinski definition) is 2. The quantitative estimate of drug-likeness (QED) is 0.137. The van der Waals surface area contributed by atoms with E-state index in [1.807, 2.05) is 10.2 Å². The zero-order valence-electron chi connectivity index (χ0n) is 41.5. The molecule has 0 bridgehead atoms. The standard InChI is InChI=1S/C43H45F3N10O6/c1-22-27-20-48-43(51-38(27)55(25-5-3-4-6-25)40(60)31(22)23(2)57)49-29-9-7-26(19-47-29)53-13-11-24(12-14-53)21-52-15-17-54(18-16-52)37-35(45)33-32(34(44)36(37)46)41(61)56(42(33)62)28-8-10-30(58)50-39(28)59/h7,9,19-20,24-25,28H,3-6,8,10-18,21H2,1-2H3,(H,50,58,59)(H,47,48,49,51)/i15D2,16D2,17D2,18D2. The Bertz CT molecular complexity index is 2960. The van der Waals surface area contributed by atoms with Crippen molar-refractivity contribution < 1.29 is 48.1 Å². The summed E-state index contributed by atoms with van der Waals surface area (Å²) < 4.78 is 121. The number of carbonyl (C=O) groups is 5. The lowest BCUT2D eigenvalue weighted by atomic mass is 9.95. The van der Waals surface area contributed by atoms with E-state index in [1.165, 1.54) is 6.92 Å². The van der Waals surface area contributed by atoms with Crippen molar-refractivity contribution in [2.24, 2.45) is 5.92 Å². The SMILES string of the molecule is [2H]C1([2H])N(CC2CCN(c3ccc(Nc4ncc5c(C)c(C(C)=O)c(=O)n(C6CCCC6)c5n4)nc3)CC2)C([2H])([2H])C([2H])([2H])N(c2c(F)c(F)c3c(c2F)C(=O)N(C2CCC(=O)NC2=O)C3=O)C1([2H])[2H]. The number of benzene rings is 1. The molecule has 1 saturated carbocycles. The van der Waals surface area contributed by atoms with Gasteiger partial charge in [-0.1, -0.05) is 12.8 Å². The molecule has 4 amide bonds. The highest BCUT2D eigenvalue weighted by Crippen LogP contribution is 2.39. The molecule has 1 aliphatic carbocycles. The Morgan fingerprint density at radius 2 is 1.56 bits per heavy atom. The van der Waals surface area contributed by atoms with Crippen LogP contribution in [0.4, 0.5) is 36.3 Å². The number of aromatic nitrogens is 4. The first-order valence-corrected chi connectivity index (χ1v) is 20.2. The van der Waals surface area contributed by atoms with Gasteiger partial charge < -0.3 is 15.1 Å². The predicted octanol–water partition coefficient (Wildman–Crippen LogP) is 4.41. The summed E-state index contributed by atoms with van der Waals surface area (Å²) in [6.45, 7) is -12.0. The summed E-state index contributed by atoms with van der Waals surface area (Å²) >= 11 is 0. The molecule has 4 fully saturated rings. The van der Waals surface area contributed by atoms with E-state index in [-0.39, 0.29) is 53.1 Å². The van der Waals surface area contributed by atoms with Crippen LogP contribution < -0.4 is 26.0 Å². The van der Waals surface area contributed by atoms with Crippen LogP contribution in [0, 0.1) is 30.3 Å². The van der Waals surface area contributed by atoms with E-state index in [0.29, 0.717) is 46.1 Å². The van der Waals surface area contributed by atoms with Crippen molar-refractivity contribution in [3.8, 4) is 0 Å². The minimum atomic E-state index is -3.91. The maximum absolute atomic E-state index is 16.6. The number of hydrogen-bond acceptors (Lipinski definition) is 13. The molecular formula is C43H45F3N10O6. The van der Waals surface area contributed by atoms with Gasteiger partial charge in [0.15, 0.2) is 23.2 Å². The molecule has 16 nitrogen and oxygen atoms in total. The van der Waals surface area contributed by atoms with Crippen LogP contribution in [0.3, 0.4) is 0 Å². The van der Waals surface area contributed by atoms with Gasteiger partial charge in [0.25, 0.3) is 17.4 Å². The molecule has 19 heteroatoms. The molecule has 2 N–H and O–H groups in total. The Morgan fingerprint density at radius 3 is 2.21 bits per heavy atom. The number of piperazine rings is 1. The molecule has 62 heavy (non-hydrogen) atoms. The molecule has 4 aromatic rings. The maximum atomic E-state index is 16.6. The van der Waals surface area contributed by atoms with E-state index in [0.717, 1.165) is 25.7 Å². The summed E-state index contributed by atoms with van der Waals surface area (Å²) in [5.41, 5.74) is -3.71. The summed E-state index contributed by atoms with van der Waals surface area (Å²) in [7, 11) is 0. The fourth-order valence-corrected chi connectivity index (χ4v) is 8.97. The van der Waals surface area contributed by atoms with Crippen LogP contribution in [0.25, 0.3) is 11.0 Å². The molecule has 4 aliphatic heterocycles. The normalized spacial score (nSPS) is 25.6. The number of ketones is 1. The minimum Gasteiger partial charge on any atom is -0.370 e. The summed E-state index contributed by atoms with van der Waals surface area (Å²) in [5.74, 6) is -12.6. The highest BCUT2D eigenvalue weighted by Gasteiger charge is 2.50. The van der Waals surface area contributed by atoms with Crippen LogP contribution in [-0.2, 0) is 9.59 Å². The van der Waals surface area contributed by atoms with Crippen molar-refractivity contribution in [2.75, 3.05) is 60.7 Å². The van der Waals surface area contributed by atoms with Crippen LogP contribution in [0.2, 0.25) is 0 Å². The lowest BCUT2D eigenvalue weighted by molar-refractivity contribution is -0.136.